The van der Waals surface area contributed by atoms with Crippen LogP contribution < -0.4 is 11.1 Å². The van der Waals surface area contributed by atoms with Gasteiger partial charge < -0.3 is 15.8 Å². The molecule has 1 amide bonds. The zero-order valence-electron chi connectivity index (χ0n) is 9.53. The maximum atomic E-state index is 11.4. The van der Waals surface area contributed by atoms with Crippen molar-refractivity contribution in [3.8, 4) is 0 Å². The molecular formula is C10H21N3O2. The van der Waals surface area contributed by atoms with Crippen molar-refractivity contribution in [2.24, 2.45) is 5.73 Å². The van der Waals surface area contributed by atoms with Crippen LogP contribution in [0.15, 0.2) is 0 Å². The lowest BCUT2D eigenvalue weighted by Crippen LogP contribution is -2.43. The number of likely N-dealkylation sites (N-methyl/N-ethyl adjacent to an activating group) is 1. The first-order valence-corrected chi connectivity index (χ1v) is 5.34. The second-order valence-electron chi connectivity index (χ2n) is 4.25. The number of hydrogen-bond acceptors (Lipinski definition) is 4. The summed E-state index contributed by atoms with van der Waals surface area (Å²) in [4.78, 5) is 13.3. The van der Waals surface area contributed by atoms with Crippen molar-refractivity contribution in [1.82, 2.24) is 10.2 Å². The van der Waals surface area contributed by atoms with Gasteiger partial charge in [-0.15, -0.1) is 0 Å². The summed E-state index contributed by atoms with van der Waals surface area (Å²) in [6, 6.07) is 0.396. The van der Waals surface area contributed by atoms with E-state index < -0.39 is 0 Å². The summed E-state index contributed by atoms with van der Waals surface area (Å²) in [7, 11) is 3.52. The number of rotatable bonds is 7. The van der Waals surface area contributed by atoms with Crippen LogP contribution in [0.5, 0.6) is 0 Å². The predicted octanol–water partition coefficient (Wildman–Crippen LogP) is -0.829. The molecule has 1 aliphatic rings. The topological polar surface area (TPSA) is 67.6 Å². The normalized spacial score (nSPS) is 17.9. The minimum Gasteiger partial charge on any atom is -0.383 e. The summed E-state index contributed by atoms with van der Waals surface area (Å²) < 4.78 is 4.93. The van der Waals surface area contributed by atoms with Crippen LogP contribution in [0.3, 0.4) is 0 Å². The minimum absolute atomic E-state index is 0.0336. The smallest absolute Gasteiger partial charge is 0.234 e. The van der Waals surface area contributed by atoms with Crippen LogP contribution in [0.4, 0.5) is 0 Å². The Bertz CT molecular complexity index is 207. The Hall–Kier alpha value is -0.650. The lowest BCUT2D eigenvalue weighted by atomic mass is 10.3. The van der Waals surface area contributed by atoms with Gasteiger partial charge in [0, 0.05) is 25.7 Å². The highest BCUT2D eigenvalue weighted by Gasteiger charge is 2.23. The highest BCUT2D eigenvalue weighted by molar-refractivity contribution is 5.78. The number of hydrogen-bond donors (Lipinski definition) is 2. The van der Waals surface area contributed by atoms with Crippen molar-refractivity contribution in [3.63, 3.8) is 0 Å². The van der Waals surface area contributed by atoms with Gasteiger partial charge in [0.2, 0.25) is 5.91 Å². The maximum Gasteiger partial charge on any atom is 0.234 e. The van der Waals surface area contributed by atoms with Crippen molar-refractivity contribution in [3.05, 3.63) is 0 Å². The first-order valence-electron chi connectivity index (χ1n) is 5.34. The molecule has 1 aliphatic carbocycles. The molecule has 1 fully saturated rings. The molecule has 88 valence electrons. The van der Waals surface area contributed by atoms with E-state index in [-0.39, 0.29) is 11.9 Å². The summed E-state index contributed by atoms with van der Waals surface area (Å²) >= 11 is 0. The molecule has 0 aromatic carbocycles. The molecule has 0 spiro atoms. The lowest BCUT2D eigenvalue weighted by Gasteiger charge is -2.20. The Kier molecular flexibility index (Phi) is 5.01. The lowest BCUT2D eigenvalue weighted by molar-refractivity contribution is -0.122. The first kappa shape index (κ1) is 12.4. The molecule has 3 N–H and O–H groups in total. The van der Waals surface area contributed by atoms with Crippen molar-refractivity contribution < 1.29 is 9.53 Å². The van der Waals surface area contributed by atoms with Crippen molar-refractivity contribution in [1.29, 1.82) is 0 Å². The second-order valence-corrected chi connectivity index (χ2v) is 4.25. The third-order valence-electron chi connectivity index (χ3n) is 2.28. The SMILES string of the molecule is COCC(N)CN(C)CC(=O)NC1CC1. The highest BCUT2D eigenvalue weighted by Crippen LogP contribution is 2.18. The number of carbonyl (C=O) groups excluding carboxylic acids is 1. The molecule has 15 heavy (non-hydrogen) atoms. The van der Waals surface area contributed by atoms with Gasteiger partial charge in [0.1, 0.15) is 0 Å². The molecule has 1 atom stereocenters. The Morgan fingerprint density at radius 1 is 1.67 bits per heavy atom. The molecule has 5 nitrogen and oxygen atoms in total. The van der Waals surface area contributed by atoms with Crippen LogP contribution in [0, 0.1) is 0 Å². The molecule has 0 aromatic rings. The standard InChI is InChI=1S/C10H21N3O2/c1-13(5-8(11)7-15-2)6-10(14)12-9-3-4-9/h8-9H,3-7,11H2,1-2H3,(H,12,14). The van der Waals surface area contributed by atoms with Gasteiger partial charge in [0.05, 0.1) is 13.2 Å². The average molecular weight is 215 g/mol. The molecule has 0 aliphatic heterocycles. The maximum absolute atomic E-state index is 11.4. The van der Waals surface area contributed by atoms with Gasteiger partial charge in [-0.2, -0.15) is 0 Å². The highest BCUT2D eigenvalue weighted by atomic mass is 16.5. The quantitative estimate of drug-likeness (QED) is 0.582. The molecule has 0 heterocycles. The first-order chi connectivity index (χ1) is 7.11. The Labute approximate surface area is 90.9 Å². The number of methoxy groups -OCH3 is 1. The summed E-state index contributed by atoms with van der Waals surface area (Å²) in [6.07, 6.45) is 2.25. The van der Waals surface area contributed by atoms with Gasteiger partial charge in [0.15, 0.2) is 0 Å². The number of amides is 1. The van der Waals surface area contributed by atoms with Crippen LogP contribution in [0.1, 0.15) is 12.8 Å². The number of nitrogens with zero attached hydrogens (tertiary/aromatic N) is 1. The number of nitrogens with two attached hydrogens (primary N) is 1. The zero-order chi connectivity index (χ0) is 11.3. The van der Waals surface area contributed by atoms with E-state index in [0.717, 1.165) is 12.8 Å². The van der Waals surface area contributed by atoms with Crippen molar-refractivity contribution in [2.45, 2.75) is 24.9 Å². The molecule has 1 unspecified atom stereocenters. The van der Waals surface area contributed by atoms with Crippen LogP contribution in [-0.4, -0.2) is 56.7 Å². The van der Waals surface area contributed by atoms with Gasteiger partial charge >= 0.3 is 0 Å². The molecule has 1 rings (SSSR count). The number of nitrogens with one attached hydrogen (secondary N) is 1. The Morgan fingerprint density at radius 3 is 2.87 bits per heavy atom. The van der Waals surface area contributed by atoms with E-state index in [9.17, 15) is 4.79 Å². The third-order valence-corrected chi connectivity index (χ3v) is 2.28. The summed E-state index contributed by atoms with van der Waals surface area (Å²) in [5.41, 5.74) is 5.78. The van der Waals surface area contributed by atoms with Crippen molar-refractivity contribution >= 4 is 5.91 Å². The third kappa shape index (κ3) is 5.71. The molecule has 0 bridgehead atoms. The van der Waals surface area contributed by atoms with Gasteiger partial charge in [0.25, 0.3) is 0 Å². The molecule has 0 saturated heterocycles. The van der Waals surface area contributed by atoms with Gasteiger partial charge in [-0.05, 0) is 19.9 Å². The monoisotopic (exact) mass is 215 g/mol. The molecule has 0 aromatic heterocycles. The van der Waals surface area contributed by atoms with Crippen molar-refractivity contribution in [2.75, 3.05) is 33.9 Å². The average Bonchev–Trinajstić information content (AvgIpc) is 2.87. The Balaban J connectivity index is 2.10. The predicted molar refractivity (Wildman–Crippen MR) is 58.5 cm³/mol. The van der Waals surface area contributed by atoms with E-state index in [1.54, 1.807) is 7.11 Å². The minimum atomic E-state index is -0.0336. The van der Waals surface area contributed by atoms with E-state index >= 15 is 0 Å². The fraction of sp³-hybridized carbons (Fsp3) is 0.900. The zero-order valence-corrected chi connectivity index (χ0v) is 9.53. The van der Waals surface area contributed by atoms with Crippen LogP contribution >= 0.6 is 0 Å². The fourth-order valence-electron chi connectivity index (χ4n) is 1.48. The van der Waals surface area contributed by atoms with E-state index in [1.165, 1.54) is 0 Å². The van der Waals surface area contributed by atoms with Crippen LogP contribution in [-0.2, 0) is 9.53 Å². The summed E-state index contributed by atoms with van der Waals surface area (Å²) in [5, 5.41) is 2.94. The molecule has 5 heteroatoms. The summed E-state index contributed by atoms with van der Waals surface area (Å²) in [6.45, 7) is 1.61. The van der Waals surface area contributed by atoms with Gasteiger partial charge in [-0.3, -0.25) is 9.69 Å². The second kappa shape index (κ2) is 6.05. The van der Waals surface area contributed by atoms with E-state index in [1.807, 2.05) is 11.9 Å². The van der Waals surface area contributed by atoms with E-state index in [0.29, 0.717) is 25.7 Å². The van der Waals surface area contributed by atoms with E-state index in [4.69, 9.17) is 10.5 Å². The number of ether oxygens (including phenoxy) is 1. The summed E-state index contributed by atoms with van der Waals surface area (Å²) in [5.74, 6) is 0.0876. The van der Waals surface area contributed by atoms with Gasteiger partial charge in [-0.25, -0.2) is 0 Å². The van der Waals surface area contributed by atoms with E-state index in [2.05, 4.69) is 5.32 Å². The van der Waals surface area contributed by atoms with Crippen LogP contribution in [0.2, 0.25) is 0 Å². The van der Waals surface area contributed by atoms with Gasteiger partial charge in [-0.1, -0.05) is 0 Å². The fourth-order valence-corrected chi connectivity index (χ4v) is 1.48. The largest absolute Gasteiger partial charge is 0.383 e. The number of carbonyl (C=O) groups is 1. The van der Waals surface area contributed by atoms with Crippen LogP contribution in [0.25, 0.3) is 0 Å². The molecule has 1 saturated carbocycles. The Morgan fingerprint density at radius 2 is 2.33 bits per heavy atom. The molecular weight excluding hydrogens is 194 g/mol. The molecule has 0 radical (unpaired) electrons.